The lowest BCUT2D eigenvalue weighted by Crippen LogP contribution is -2.36. The molecule has 3 N–H and O–H groups in total. The number of H-pyrrole nitrogens is 1. The number of rotatable bonds is 5. The van der Waals surface area contributed by atoms with Gasteiger partial charge in [-0.15, -0.1) is 24.0 Å². The zero-order valence-electron chi connectivity index (χ0n) is 14.1. The molecule has 0 amide bonds. The van der Waals surface area contributed by atoms with Crippen LogP contribution in [0.2, 0.25) is 0 Å². The fourth-order valence-electron chi connectivity index (χ4n) is 2.39. The Balaban J connectivity index is 0.00000225. The summed E-state index contributed by atoms with van der Waals surface area (Å²) in [6.45, 7) is 1.31. The van der Waals surface area contributed by atoms with Crippen molar-refractivity contribution in [2.75, 3.05) is 7.05 Å². The van der Waals surface area contributed by atoms with Crippen molar-refractivity contribution >= 4 is 29.9 Å². The molecular formula is C19H22IN5. The van der Waals surface area contributed by atoms with E-state index in [2.05, 4.69) is 49.9 Å². The van der Waals surface area contributed by atoms with Crippen LogP contribution in [0.25, 0.3) is 11.3 Å². The number of halogens is 1. The first-order valence-electron chi connectivity index (χ1n) is 7.93. The van der Waals surface area contributed by atoms with Crippen molar-refractivity contribution in [3.05, 3.63) is 78.2 Å². The molecule has 3 aromatic rings. The van der Waals surface area contributed by atoms with Crippen molar-refractivity contribution in [1.82, 2.24) is 20.6 Å². The molecule has 0 saturated carbocycles. The number of hydrogen-bond donors (Lipinski definition) is 3. The second kappa shape index (κ2) is 9.83. The first-order valence-corrected chi connectivity index (χ1v) is 7.93. The summed E-state index contributed by atoms with van der Waals surface area (Å²) in [6, 6.07) is 20.4. The van der Waals surface area contributed by atoms with Gasteiger partial charge in [-0.3, -0.25) is 4.99 Å². The molecule has 6 heteroatoms. The molecule has 0 bridgehead atoms. The molecular weight excluding hydrogens is 425 g/mol. The SMILES string of the molecule is CN=C(NCc1ccccc1)NCc1ncc(-c2ccccc2)[nH]1.I. The van der Waals surface area contributed by atoms with Gasteiger partial charge in [0.25, 0.3) is 0 Å². The number of benzene rings is 2. The summed E-state index contributed by atoms with van der Waals surface area (Å²) in [5, 5.41) is 6.56. The van der Waals surface area contributed by atoms with Gasteiger partial charge in [-0.1, -0.05) is 60.7 Å². The third-order valence-corrected chi connectivity index (χ3v) is 3.66. The largest absolute Gasteiger partial charge is 0.352 e. The van der Waals surface area contributed by atoms with Crippen LogP contribution in [-0.4, -0.2) is 23.0 Å². The summed E-state index contributed by atoms with van der Waals surface area (Å²) in [6.07, 6.45) is 1.85. The topological polar surface area (TPSA) is 65.1 Å². The predicted octanol–water partition coefficient (Wildman–Crippen LogP) is 3.56. The molecule has 0 saturated heterocycles. The van der Waals surface area contributed by atoms with Gasteiger partial charge in [-0.05, 0) is 11.1 Å². The van der Waals surface area contributed by atoms with E-state index in [4.69, 9.17) is 0 Å². The van der Waals surface area contributed by atoms with E-state index in [1.54, 1.807) is 7.05 Å². The lowest BCUT2D eigenvalue weighted by molar-refractivity contribution is 0.782. The maximum atomic E-state index is 4.42. The molecule has 0 atom stereocenters. The van der Waals surface area contributed by atoms with Crippen molar-refractivity contribution in [3.8, 4) is 11.3 Å². The number of nitrogens with zero attached hydrogens (tertiary/aromatic N) is 2. The van der Waals surface area contributed by atoms with E-state index < -0.39 is 0 Å². The highest BCUT2D eigenvalue weighted by Gasteiger charge is 2.04. The molecule has 0 spiro atoms. The van der Waals surface area contributed by atoms with Gasteiger partial charge in [0, 0.05) is 13.6 Å². The van der Waals surface area contributed by atoms with Crippen molar-refractivity contribution in [2.24, 2.45) is 4.99 Å². The molecule has 3 rings (SSSR count). The fraction of sp³-hybridized carbons (Fsp3) is 0.158. The second-order valence-electron chi connectivity index (χ2n) is 5.37. The standard InChI is InChI=1S/C19H21N5.HI/c1-20-19(22-12-15-8-4-2-5-9-15)23-14-18-21-13-17(24-18)16-10-6-3-7-11-16;/h2-11,13H,12,14H2,1H3,(H,21,24)(H2,20,22,23);1H. The number of imidazole rings is 1. The van der Waals surface area contributed by atoms with Crippen LogP contribution in [0.5, 0.6) is 0 Å². The van der Waals surface area contributed by atoms with Crippen LogP contribution in [0.1, 0.15) is 11.4 Å². The van der Waals surface area contributed by atoms with Crippen LogP contribution < -0.4 is 10.6 Å². The van der Waals surface area contributed by atoms with Crippen molar-refractivity contribution in [3.63, 3.8) is 0 Å². The van der Waals surface area contributed by atoms with E-state index in [-0.39, 0.29) is 24.0 Å². The normalized spacial score (nSPS) is 10.8. The highest BCUT2D eigenvalue weighted by molar-refractivity contribution is 14.0. The molecule has 0 aliphatic rings. The maximum Gasteiger partial charge on any atom is 0.191 e. The van der Waals surface area contributed by atoms with Crippen molar-refractivity contribution in [2.45, 2.75) is 13.1 Å². The van der Waals surface area contributed by atoms with Gasteiger partial charge in [0.15, 0.2) is 5.96 Å². The summed E-state index contributed by atoms with van der Waals surface area (Å²) in [5.74, 6) is 1.62. The van der Waals surface area contributed by atoms with E-state index in [1.165, 1.54) is 5.56 Å². The molecule has 0 aliphatic carbocycles. The van der Waals surface area contributed by atoms with Gasteiger partial charge in [-0.2, -0.15) is 0 Å². The highest BCUT2D eigenvalue weighted by Crippen LogP contribution is 2.15. The monoisotopic (exact) mass is 447 g/mol. The Bertz CT molecular complexity index is 784. The first kappa shape index (κ1) is 19.0. The third kappa shape index (κ3) is 5.60. The van der Waals surface area contributed by atoms with Crippen molar-refractivity contribution in [1.29, 1.82) is 0 Å². The number of aromatic nitrogens is 2. The minimum Gasteiger partial charge on any atom is -0.352 e. The highest BCUT2D eigenvalue weighted by atomic mass is 127. The van der Waals surface area contributed by atoms with E-state index >= 15 is 0 Å². The Kier molecular flexibility index (Phi) is 7.46. The van der Waals surface area contributed by atoms with E-state index in [0.717, 1.165) is 29.6 Å². The summed E-state index contributed by atoms with van der Waals surface area (Å²) >= 11 is 0. The van der Waals surface area contributed by atoms with E-state index in [1.807, 2.05) is 42.6 Å². The number of aliphatic imine (C=N–C) groups is 1. The smallest absolute Gasteiger partial charge is 0.191 e. The van der Waals surface area contributed by atoms with E-state index in [0.29, 0.717) is 6.54 Å². The molecule has 1 aromatic heterocycles. The average molecular weight is 447 g/mol. The van der Waals surface area contributed by atoms with Gasteiger partial charge in [-0.25, -0.2) is 4.98 Å². The minimum atomic E-state index is 0. The van der Waals surface area contributed by atoms with E-state index in [9.17, 15) is 0 Å². The number of guanidine groups is 1. The van der Waals surface area contributed by atoms with Crippen LogP contribution in [0, 0.1) is 0 Å². The number of aromatic amines is 1. The summed E-state index contributed by atoms with van der Waals surface area (Å²) in [7, 11) is 1.76. The van der Waals surface area contributed by atoms with Gasteiger partial charge in [0.1, 0.15) is 5.82 Å². The molecule has 0 radical (unpaired) electrons. The van der Waals surface area contributed by atoms with Crippen LogP contribution >= 0.6 is 24.0 Å². The van der Waals surface area contributed by atoms with Crippen LogP contribution in [-0.2, 0) is 13.1 Å². The van der Waals surface area contributed by atoms with Crippen LogP contribution in [0.4, 0.5) is 0 Å². The molecule has 5 nitrogen and oxygen atoms in total. The molecule has 0 unspecified atom stereocenters. The molecule has 0 aliphatic heterocycles. The van der Waals surface area contributed by atoms with Gasteiger partial charge < -0.3 is 15.6 Å². The minimum absolute atomic E-state index is 0. The Labute approximate surface area is 165 Å². The lowest BCUT2D eigenvalue weighted by atomic mass is 10.2. The molecule has 130 valence electrons. The number of hydrogen-bond acceptors (Lipinski definition) is 2. The average Bonchev–Trinajstić information content (AvgIpc) is 3.12. The van der Waals surface area contributed by atoms with Gasteiger partial charge >= 0.3 is 0 Å². The second-order valence-corrected chi connectivity index (χ2v) is 5.37. The van der Waals surface area contributed by atoms with Crippen LogP contribution in [0.3, 0.4) is 0 Å². The summed E-state index contributed by atoms with van der Waals surface area (Å²) in [5.41, 5.74) is 3.35. The fourth-order valence-corrected chi connectivity index (χ4v) is 2.39. The quantitative estimate of drug-likeness (QED) is 0.319. The number of nitrogens with one attached hydrogen (secondary N) is 3. The molecule has 25 heavy (non-hydrogen) atoms. The lowest BCUT2D eigenvalue weighted by Gasteiger charge is -2.11. The van der Waals surface area contributed by atoms with Gasteiger partial charge in [0.05, 0.1) is 18.4 Å². The zero-order valence-corrected chi connectivity index (χ0v) is 16.4. The molecule has 1 heterocycles. The Morgan fingerprint density at radius 1 is 0.960 bits per heavy atom. The first-order chi connectivity index (χ1) is 11.8. The predicted molar refractivity (Wildman–Crippen MR) is 113 cm³/mol. The molecule has 2 aromatic carbocycles. The maximum absolute atomic E-state index is 4.42. The Hall–Kier alpha value is -2.35. The summed E-state index contributed by atoms with van der Waals surface area (Å²) < 4.78 is 0. The third-order valence-electron chi connectivity index (χ3n) is 3.66. The Morgan fingerprint density at radius 2 is 1.60 bits per heavy atom. The van der Waals surface area contributed by atoms with Gasteiger partial charge in [0.2, 0.25) is 0 Å². The summed E-state index contributed by atoms with van der Waals surface area (Å²) in [4.78, 5) is 12.0. The Morgan fingerprint density at radius 3 is 2.28 bits per heavy atom. The van der Waals surface area contributed by atoms with Crippen molar-refractivity contribution < 1.29 is 0 Å². The van der Waals surface area contributed by atoms with Crippen LogP contribution in [0.15, 0.2) is 71.9 Å². The molecule has 0 fully saturated rings. The zero-order chi connectivity index (χ0) is 16.6.